The molecule has 0 spiro atoms. The summed E-state index contributed by atoms with van der Waals surface area (Å²) in [7, 11) is 1.87. The van der Waals surface area contributed by atoms with Crippen LogP contribution in [0.1, 0.15) is 46.5 Å². The van der Waals surface area contributed by atoms with Crippen LogP contribution >= 0.6 is 11.8 Å². The van der Waals surface area contributed by atoms with E-state index in [1.54, 1.807) is 0 Å². The van der Waals surface area contributed by atoms with Crippen molar-refractivity contribution >= 4 is 16.8 Å². The fourth-order valence-electron chi connectivity index (χ4n) is 1.20. The molecule has 1 atom stereocenters. The fourth-order valence-corrected chi connectivity index (χ4v) is 2.21. The molecule has 0 aliphatic rings. The molecule has 0 heterocycles. The van der Waals surface area contributed by atoms with E-state index in [0.29, 0.717) is 0 Å². The number of thioether (sulfide) groups is 1. The first-order chi connectivity index (χ1) is 6.24. The molecule has 1 nitrogen and oxygen atoms in total. The van der Waals surface area contributed by atoms with Crippen molar-refractivity contribution in [3.05, 3.63) is 0 Å². The van der Waals surface area contributed by atoms with Crippen LogP contribution in [0, 0.1) is 5.92 Å². The molecule has 1 unspecified atom stereocenters. The van der Waals surface area contributed by atoms with Crippen LogP contribution in [0.3, 0.4) is 0 Å². The Morgan fingerprint density at radius 1 is 1.38 bits per heavy atom. The van der Waals surface area contributed by atoms with E-state index < -0.39 is 0 Å². The van der Waals surface area contributed by atoms with Gasteiger partial charge in [0.1, 0.15) is 0 Å². The maximum absolute atomic E-state index is 4.15. The van der Waals surface area contributed by atoms with Crippen molar-refractivity contribution in [1.82, 2.24) is 0 Å². The minimum atomic E-state index is 0.890. The summed E-state index contributed by atoms with van der Waals surface area (Å²) in [4.78, 5) is 4.15. The molecule has 0 aromatic carbocycles. The van der Waals surface area contributed by atoms with Gasteiger partial charge in [-0.15, -0.1) is 11.8 Å². The summed E-state index contributed by atoms with van der Waals surface area (Å²) in [5.41, 5.74) is 0. The Hall–Kier alpha value is 0.0200. The number of hydrogen-bond acceptors (Lipinski definition) is 2. The first-order valence-corrected chi connectivity index (χ1v) is 6.29. The number of unbranched alkanes of at least 4 members (excludes halogenated alkanes) is 1. The summed E-state index contributed by atoms with van der Waals surface area (Å²) in [6.45, 7) is 6.65. The molecule has 0 aromatic rings. The third kappa shape index (κ3) is 7.12. The third-order valence-corrected chi connectivity index (χ3v) is 3.62. The fraction of sp³-hybridized carbons (Fsp3) is 0.909. The summed E-state index contributed by atoms with van der Waals surface area (Å²) in [6.07, 6.45) is 5.39. The van der Waals surface area contributed by atoms with Crippen LogP contribution in [-0.2, 0) is 0 Å². The van der Waals surface area contributed by atoms with Crippen molar-refractivity contribution in [2.75, 3.05) is 12.8 Å². The SMILES string of the molecule is CCCCC(CC)CS/C(C)=N/C. The highest BCUT2D eigenvalue weighted by molar-refractivity contribution is 8.13. The van der Waals surface area contributed by atoms with Crippen LogP contribution in [0.15, 0.2) is 4.99 Å². The van der Waals surface area contributed by atoms with E-state index in [1.807, 2.05) is 18.8 Å². The lowest BCUT2D eigenvalue weighted by atomic mass is 10.0. The molecular weight excluding hydrogens is 178 g/mol. The van der Waals surface area contributed by atoms with Gasteiger partial charge in [-0.3, -0.25) is 4.99 Å². The smallest absolute Gasteiger partial charge is 0.0641 e. The number of hydrogen-bond donors (Lipinski definition) is 0. The van der Waals surface area contributed by atoms with Crippen LogP contribution in [0.25, 0.3) is 0 Å². The van der Waals surface area contributed by atoms with Crippen LogP contribution in [0.2, 0.25) is 0 Å². The first-order valence-electron chi connectivity index (χ1n) is 5.30. The summed E-state index contributed by atoms with van der Waals surface area (Å²) in [6, 6.07) is 0. The van der Waals surface area contributed by atoms with E-state index in [9.17, 15) is 0 Å². The van der Waals surface area contributed by atoms with Crippen molar-refractivity contribution in [1.29, 1.82) is 0 Å². The topological polar surface area (TPSA) is 12.4 Å². The summed E-state index contributed by atoms with van der Waals surface area (Å²) >= 11 is 1.91. The Morgan fingerprint density at radius 2 is 2.08 bits per heavy atom. The van der Waals surface area contributed by atoms with E-state index in [-0.39, 0.29) is 0 Å². The number of aliphatic imine (C=N–C) groups is 1. The van der Waals surface area contributed by atoms with E-state index in [1.165, 1.54) is 36.5 Å². The van der Waals surface area contributed by atoms with Gasteiger partial charge in [-0.2, -0.15) is 0 Å². The molecule has 0 aliphatic heterocycles. The van der Waals surface area contributed by atoms with Crippen LogP contribution < -0.4 is 0 Å². The highest BCUT2D eigenvalue weighted by Gasteiger charge is 2.06. The predicted octanol–water partition coefficient (Wildman–Crippen LogP) is 3.98. The van der Waals surface area contributed by atoms with E-state index in [2.05, 4.69) is 25.8 Å². The monoisotopic (exact) mass is 201 g/mol. The molecule has 13 heavy (non-hydrogen) atoms. The Kier molecular flexibility index (Phi) is 8.62. The lowest BCUT2D eigenvalue weighted by Gasteiger charge is -2.13. The minimum absolute atomic E-state index is 0.890. The standard InChI is InChI=1S/C11H23NS/c1-5-7-8-11(6-2)9-13-10(3)12-4/h11H,5-9H2,1-4H3/b12-10+. The van der Waals surface area contributed by atoms with Gasteiger partial charge in [-0.05, 0) is 19.3 Å². The normalized spacial score (nSPS) is 14.6. The zero-order valence-corrected chi connectivity index (χ0v) is 10.3. The van der Waals surface area contributed by atoms with Crippen LogP contribution in [0.5, 0.6) is 0 Å². The van der Waals surface area contributed by atoms with Gasteiger partial charge in [0.15, 0.2) is 0 Å². The van der Waals surface area contributed by atoms with Gasteiger partial charge >= 0.3 is 0 Å². The van der Waals surface area contributed by atoms with Crippen molar-refractivity contribution < 1.29 is 0 Å². The van der Waals surface area contributed by atoms with Gasteiger partial charge in [-0.1, -0.05) is 33.1 Å². The van der Waals surface area contributed by atoms with Gasteiger partial charge in [0.2, 0.25) is 0 Å². The Balaban J connectivity index is 3.59. The molecule has 0 saturated heterocycles. The van der Waals surface area contributed by atoms with Crippen molar-refractivity contribution in [2.24, 2.45) is 10.9 Å². The molecule has 0 radical (unpaired) electrons. The highest BCUT2D eigenvalue weighted by atomic mass is 32.2. The van der Waals surface area contributed by atoms with Crippen molar-refractivity contribution in [3.8, 4) is 0 Å². The largest absolute Gasteiger partial charge is 0.287 e. The molecule has 0 saturated carbocycles. The maximum Gasteiger partial charge on any atom is 0.0641 e. The molecule has 0 N–H and O–H groups in total. The Bertz CT molecular complexity index is 143. The molecule has 0 bridgehead atoms. The predicted molar refractivity (Wildman–Crippen MR) is 64.8 cm³/mol. The summed E-state index contributed by atoms with van der Waals surface area (Å²) < 4.78 is 0. The molecule has 0 rings (SSSR count). The van der Waals surface area contributed by atoms with Gasteiger partial charge in [-0.25, -0.2) is 0 Å². The summed E-state index contributed by atoms with van der Waals surface area (Å²) in [5.74, 6) is 2.14. The molecule has 2 heteroatoms. The van der Waals surface area contributed by atoms with Gasteiger partial charge in [0.25, 0.3) is 0 Å². The van der Waals surface area contributed by atoms with Crippen LogP contribution in [0.4, 0.5) is 0 Å². The van der Waals surface area contributed by atoms with Gasteiger partial charge in [0.05, 0.1) is 5.04 Å². The Labute approximate surface area is 87.4 Å². The lowest BCUT2D eigenvalue weighted by molar-refractivity contribution is 0.500. The molecule has 78 valence electrons. The number of nitrogens with zero attached hydrogens (tertiary/aromatic N) is 1. The van der Waals surface area contributed by atoms with Crippen molar-refractivity contribution in [2.45, 2.75) is 46.5 Å². The van der Waals surface area contributed by atoms with Crippen molar-refractivity contribution in [3.63, 3.8) is 0 Å². The first kappa shape index (κ1) is 13.0. The summed E-state index contributed by atoms with van der Waals surface area (Å²) in [5, 5.41) is 1.22. The lowest BCUT2D eigenvalue weighted by Crippen LogP contribution is -2.03. The van der Waals surface area contributed by atoms with E-state index in [4.69, 9.17) is 0 Å². The molecular formula is C11H23NS. The minimum Gasteiger partial charge on any atom is -0.287 e. The average molecular weight is 201 g/mol. The van der Waals surface area contributed by atoms with Gasteiger partial charge in [0, 0.05) is 12.8 Å². The quantitative estimate of drug-likeness (QED) is 0.467. The van der Waals surface area contributed by atoms with Gasteiger partial charge < -0.3 is 0 Å². The van der Waals surface area contributed by atoms with E-state index in [0.717, 1.165) is 5.92 Å². The second kappa shape index (κ2) is 8.61. The third-order valence-electron chi connectivity index (χ3n) is 2.39. The molecule has 0 amide bonds. The Morgan fingerprint density at radius 3 is 2.54 bits per heavy atom. The maximum atomic E-state index is 4.15. The van der Waals surface area contributed by atoms with Crippen LogP contribution in [-0.4, -0.2) is 17.8 Å². The molecule has 0 aliphatic carbocycles. The second-order valence-electron chi connectivity index (χ2n) is 3.47. The second-order valence-corrected chi connectivity index (χ2v) is 4.68. The molecule has 0 aromatic heterocycles. The zero-order chi connectivity index (χ0) is 10.1. The molecule has 0 fully saturated rings. The number of rotatable bonds is 6. The highest BCUT2D eigenvalue weighted by Crippen LogP contribution is 2.19. The zero-order valence-electron chi connectivity index (χ0n) is 9.47. The average Bonchev–Trinajstić information content (AvgIpc) is 2.17. The van der Waals surface area contributed by atoms with E-state index >= 15 is 0 Å².